The number of benzene rings is 2. The molecule has 122 valence electrons. The van der Waals surface area contributed by atoms with Crippen molar-refractivity contribution in [2.75, 3.05) is 17.2 Å². The molecule has 0 fully saturated rings. The van der Waals surface area contributed by atoms with Crippen molar-refractivity contribution in [1.29, 1.82) is 0 Å². The molecule has 0 spiro atoms. The van der Waals surface area contributed by atoms with Crippen LogP contribution < -0.4 is 10.6 Å². The fourth-order valence-corrected chi connectivity index (χ4v) is 2.32. The van der Waals surface area contributed by atoms with Gasteiger partial charge < -0.3 is 10.6 Å². The van der Waals surface area contributed by atoms with Crippen LogP contribution in [0.4, 0.5) is 20.2 Å². The Bertz CT molecular complexity index is 659. The number of nitrogens with two attached hydrogens (primary N) is 1. The van der Waals surface area contributed by atoms with Crippen LogP contribution in [0.3, 0.4) is 0 Å². The Kier molecular flexibility index (Phi) is 5.32. The summed E-state index contributed by atoms with van der Waals surface area (Å²) in [6.07, 6.45) is 1.40. The number of nitrogen functional groups attached to an aromatic ring is 1. The molecule has 2 rings (SSSR count). The Labute approximate surface area is 134 Å². The van der Waals surface area contributed by atoms with Gasteiger partial charge in [-0.1, -0.05) is 55.8 Å². The minimum absolute atomic E-state index is 0.200. The molecule has 2 N–H and O–H groups in total. The maximum absolute atomic E-state index is 14.6. The smallest absolute Gasteiger partial charge is 0.350 e. The molecule has 0 unspecified atom stereocenters. The molecule has 1 amide bonds. The second kappa shape index (κ2) is 7.22. The zero-order chi connectivity index (χ0) is 16.9. The molecule has 0 atom stereocenters. The van der Waals surface area contributed by atoms with Gasteiger partial charge in [0.15, 0.2) is 0 Å². The first-order valence-electron chi connectivity index (χ1n) is 7.58. The zero-order valence-corrected chi connectivity index (χ0v) is 13.0. The Morgan fingerprint density at radius 2 is 1.70 bits per heavy atom. The average molecular weight is 318 g/mol. The predicted molar refractivity (Wildman–Crippen MR) is 88.5 cm³/mol. The van der Waals surface area contributed by atoms with Crippen molar-refractivity contribution in [3.8, 4) is 0 Å². The van der Waals surface area contributed by atoms with Crippen molar-refractivity contribution < 1.29 is 13.6 Å². The van der Waals surface area contributed by atoms with Crippen LogP contribution in [0.25, 0.3) is 0 Å². The summed E-state index contributed by atoms with van der Waals surface area (Å²) in [6, 6.07) is 13.7. The van der Waals surface area contributed by atoms with Crippen LogP contribution in [0.15, 0.2) is 54.6 Å². The predicted octanol–water partition coefficient (Wildman–Crippen LogP) is 4.19. The highest BCUT2D eigenvalue weighted by molar-refractivity contribution is 6.01. The second-order valence-corrected chi connectivity index (χ2v) is 5.31. The van der Waals surface area contributed by atoms with Crippen LogP contribution in [0, 0.1) is 0 Å². The van der Waals surface area contributed by atoms with E-state index in [4.69, 9.17) is 5.73 Å². The summed E-state index contributed by atoms with van der Waals surface area (Å²) < 4.78 is 29.2. The van der Waals surface area contributed by atoms with Crippen LogP contribution >= 0.6 is 0 Å². The lowest BCUT2D eigenvalue weighted by molar-refractivity contribution is -0.143. The van der Waals surface area contributed by atoms with Crippen LogP contribution in [-0.2, 0) is 10.7 Å². The lowest BCUT2D eigenvalue weighted by Crippen LogP contribution is -2.43. The van der Waals surface area contributed by atoms with Crippen molar-refractivity contribution in [2.24, 2.45) is 0 Å². The molecule has 0 radical (unpaired) electrons. The van der Waals surface area contributed by atoms with Gasteiger partial charge in [0.1, 0.15) is 0 Å². The zero-order valence-electron chi connectivity index (χ0n) is 13.0. The highest BCUT2D eigenvalue weighted by Gasteiger charge is 2.44. The number of halogens is 2. The molecule has 0 bridgehead atoms. The van der Waals surface area contributed by atoms with Gasteiger partial charge in [-0.2, -0.15) is 8.78 Å². The molecule has 0 aliphatic carbocycles. The number of anilines is 2. The van der Waals surface area contributed by atoms with Gasteiger partial charge in [0.25, 0.3) is 0 Å². The first kappa shape index (κ1) is 16.9. The number of alkyl halides is 2. The number of nitrogens with zero attached hydrogens (tertiary/aromatic N) is 1. The van der Waals surface area contributed by atoms with Crippen LogP contribution in [0.5, 0.6) is 0 Å². The molecule has 23 heavy (non-hydrogen) atoms. The third-order valence-corrected chi connectivity index (χ3v) is 3.61. The molecule has 3 nitrogen and oxygen atoms in total. The first-order chi connectivity index (χ1) is 11.0. The third kappa shape index (κ3) is 3.67. The van der Waals surface area contributed by atoms with Crippen LogP contribution in [0.1, 0.15) is 25.3 Å². The maximum Gasteiger partial charge on any atom is 0.350 e. The summed E-state index contributed by atoms with van der Waals surface area (Å²) in [4.78, 5) is 13.6. The summed E-state index contributed by atoms with van der Waals surface area (Å²) in [5, 5.41) is 0. The normalized spacial score (nSPS) is 11.3. The summed E-state index contributed by atoms with van der Waals surface area (Å²) in [5.74, 6) is -4.85. The Balaban J connectivity index is 2.39. The molecular weight excluding hydrogens is 298 g/mol. The molecule has 0 saturated heterocycles. The van der Waals surface area contributed by atoms with Crippen molar-refractivity contribution in [3.63, 3.8) is 0 Å². The topological polar surface area (TPSA) is 46.3 Å². The van der Waals surface area contributed by atoms with Crippen molar-refractivity contribution in [3.05, 3.63) is 60.2 Å². The molecule has 2 aromatic rings. The number of amides is 1. The van der Waals surface area contributed by atoms with E-state index in [9.17, 15) is 13.6 Å². The van der Waals surface area contributed by atoms with Crippen molar-refractivity contribution >= 4 is 17.3 Å². The summed E-state index contributed by atoms with van der Waals surface area (Å²) in [7, 11) is 0. The number of para-hydroxylation sites is 2. The van der Waals surface area contributed by atoms with E-state index in [1.807, 2.05) is 6.92 Å². The van der Waals surface area contributed by atoms with Crippen LogP contribution in [0.2, 0.25) is 0 Å². The van der Waals surface area contributed by atoms with E-state index >= 15 is 0 Å². The fourth-order valence-electron chi connectivity index (χ4n) is 2.32. The lowest BCUT2D eigenvalue weighted by Gasteiger charge is -2.28. The average Bonchev–Trinajstić information content (AvgIpc) is 2.57. The largest absolute Gasteiger partial charge is 0.397 e. The van der Waals surface area contributed by atoms with Crippen molar-refractivity contribution in [2.45, 2.75) is 25.7 Å². The SMILES string of the molecule is CCCCN(C(=O)C(F)(F)c1ccccc1)c1ccccc1N. The minimum atomic E-state index is -3.60. The second-order valence-electron chi connectivity index (χ2n) is 5.31. The van der Waals surface area contributed by atoms with Gasteiger partial charge in [-0.25, -0.2) is 0 Å². The van der Waals surface area contributed by atoms with Gasteiger partial charge >= 0.3 is 11.8 Å². The van der Waals surface area contributed by atoms with E-state index in [-0.39, 0.29) is 12.1 Å². The Morgan fingerprint density at radius 1 is 1.09 bits per heavy atom. The standard InChI is InChI=1S/C18H20F2N2O/c1-2-3-13-22(16-12-8-7-11-15(16)21)17(23)18(19,20)14-9-5-4-6-10-14/h4-12H,2-3,13,21H2,1H3. The highest BCUT2D eigenvalue weighted by Crippen LogP contribution is 2.34. The number of unbranched alkanes of at least 4 members (excludes halogenated alkanes) is 1. The van der Waals surface area contributed by atoms with E-state index in [0.717, 1.165) is 11.3 Å². The number of carbonyl (C=O) groups is 1. The molecular formula is C18H20F2N2O. The quantitative estimate of drug-likeness (QED) is 0.812. The summed E-state index contributed by atoms with van der Waals surface area (Å²) in [6.45, 7) is 2.14. The number of hydrogen-bond donors (Lipinski definition) is 1. The molecule has 5 heteroatoms. The number of carbonyl (C=O) groups excluding carboxylic acids is 1. The van der Waals surface area contributed by atoms with Gasteiger partial charge in [0.05, 0.1) is 11.4 Å². The van der Waals surface area contributed by atoms with Crippen LogP contribution in [-0.4, -0.2) is 12.5 Å². The van der Waals surface area contributed by atoms with Gasteiger partial charge in [-0.05, 0) is 18.6 Å². The molecule has 0 saturated carbocycles. The Morgan fingerprint density at radius 3 is 2.30 bits per heavy atom. The first-order valence-corrected chi connectivity index (χ1v) is 7.58. The molecule has 2 aromatic carbocycles. The monoisotopic (exact) mass is 318 g/mol. The minimum Gasteiger partial charge on any atom is -0.397 e. The van der Waals surface area contributed by atoms with Crippen molar-refractivity contribution in [1.82, 2.24) is 0 Å². The summed E-state index contributed by atoms with van der Waals surface area (Å²) >= 11 is 0. The van der Waals surface area contributed by atoms with Gasteiger partial charge in [-0.15, -0.1) is 0 Å². The molecule has 0 aromatic heterocycles. The van der Waals surface area contributed by atoms with E-state index < -0.39 is 11.8 Å². The van der Waals surface area contributed by atoms with Gasteiger partial charge in [0, 0.05) is 12.1 Å². The fraction of sp³-hybridized carbons (Fsp3) is 0.278. The maximum atomic E-state index is 14.6. The molecule has 0 aliphatic heterocycles. The molecule has 0 aliphatic rings. The van der Waals surface area contributed by atoms with Gasteiger partial charge in [-0.3, -0.25) is 4.79 Å². The van der Waals surface area contributed by atoms with Gasteiger partial charge in [0.2, 0.25) is 0 Å². The van der Waals surface area contributed by atoms with E-state index in [1.165, 1.54) is 24.3 Å². The van der Waals surface area contributed by atoms with E-state index in [0.29, 0.717) is 17.8 Å². The van der Waals surface area contributed by atoms with E-state index in [2.05, 4.69) is 0 Å². The summed E-state index contributed by atoms with van der Waals surface area (Å²) in [5.41, 5.74) is 6.18. The van der Waals surface area contributed by atoms with E-state index in [1.54, 1.807) is 30.3 Å². The third-order valence-electron chi connectivity index (χ3n) is 3.61. The Hall–Kier alpha value is -2.43. The highest BCUT2D eigenvalue weighted by atomic mass is 19.3. The number of hydrogen-bond acceptors (Lipinski definition) is 2. The lowest BCUT2D eigenvalue weighted by atomic mass is 10.1. The molecule has 0 heterocycles. The number of rotatable bonds is 6.